The molecule has 4 atom stereocenters. The molecule has 0 fully saturated rings. The fraction of sp³-hybridized carbons (Fsp3) is 0.489. The van der Waals surface area contributed by atoms with Gasteiger partial charge in [0.05, 0.1) is 34.0 Å². The molecule has 5 rings (SSSR count). The number of benzene rings is 1. The van der Waals surface area contributed by atoms with Gasteiger partial charge in [-0.05, 0) is 58.9 Å². The SMILES string of the molecule is COC(=O)c1coc(C(CO)NC(=O)c2coc(C(NC(=O)OC(C)(C)C)C(C)C)n2)n1.COC(=O)c1coc(C(COCc2ccccc2)NC(=O)c2coc(C(NC(=O)OC(C)(C)C)C(C)C)n2)n1. The lowest BCUT2D eigenvalue weighted by molar-refractivity contribution is 0.0468. The molecule has 4 aromatic heterocycles. The third kappa shape index (κ3) is 17.4. The van der Waals surface area contributed by atoms with Crippen LogP contribution in [0.2, 0.25) is 0 Å². The van der Waals surface area contributed by atoms with E-state index in [0.29, 0.717) is 0 Å². The minimum atomic E-state index is -1.04. The second-order valence-corrected chi connectivity index (χ2v) is 18.2. The molecule has 0 bridgehead atoms. The number of aliphatic hydroxyl groups excluding tert-OH is 1. The molecule has 0 spiro atoms. The van der Waals surface area contributed by atoms with Gasteiger partial charge in [-0.15, -0.1) is 0 Å². The van der Waals surface area contributed by atoms with E-state index in [2.05, 4.69) is 50.7 Å². The van der Waals surface area contributed by atoms with Crippen LogP contribution >= 0.6 is 0 Å². The van der Waals surface area contributed by atoms with E-state index >= 15 is 0 Å². The Bertz CT molecular complexity index is 2530. The Morgan fingerprint density at radius 3 is 1.34 bits per heavy atom. The third-order valence-electron chi connectivity index (χ3n) is 9.34. The highest BCUT2D eigenvalue weighted by molar-refractivity contribution is 5.93. The Labute approximate surface area is 409 Å². The minimum absolute atomic E-state index is 0.0126. The summed E-state index contributed by atoms with van der Waals surface area (Å²) in [4.78, 5) is 90.0. The molecule has 0 radical (unpaired) electrons. The molecule has 24 nitrogen and oxygen atoms in total. The number of rotatable bonds is 19. The number of aromatic nitrogens is 4. The van der Waals surface area contributed by atoms with Gasteiger partial charge in [-0.25, -0.2) is 39.1 Å². The highest BCUT2D eigenvalue weighted by Crippen LogP contribution is 2.25. The van der Waals surface area contributed by atoms with Crippen LogP contribution in [0.4, 0.5) is 9.59 Å². The zero-order valence-corrected chi connectivity index (χ0v) is 41.6. The van der Waals surface area contributed by atoms with Crippen LogP contribution in [0.3, 0.4) is 0 Å². The number of nitrogens with one attached hydrogen (secondary N) is 4. The van der Waals surface area contributed by atoms with E-state index in [-0.39, 0.29) is 71.4 Å². The maximum absolute atomic E-state index is 13.1. The highest BCUT2D eigenvalue weighted by Gasteiger charge is 2.31. The first kappa shape index (κ1) is 56.0. The minimum Gasteiger partial charge on any atom is -0.464 e. The maximum atomic E-state index is 13.1. The Hall–Kier alpha value is -7.60. The molecule has 4 unspecified atom stereocenters. The van der Waals surface area contributed by atoms with E-state index in [9.17, 15) is 33.9 Å². The number of carbonyl (C=O) groups excluding carboxylic acids is 6. The summed E-state index contributed by atoms with van der Waals surface area (Å²) >= 11 is 0. The zero-order valence-electron chi connectivity index (χ0n) is 41.6. The summed E-state index contributed by atoms with van der Waals surface area (Å²) in [6.45, 7) is 17.6. The Kier molecular flexibility index (Phi) is 20.0. The Balaban J connectivity index is 0.000000315. The molecule has 386 valence electrons. The lowest BCUT2D eigenvalue weighted by Crippen LogP contribution is -2.37. The number of oxazole rings is 4. The molecular weight excluding hydrogens is 933 g/mol. The molecular formula is C47H62N8O16. The van der Waals surface area contributed by atoms with Crippen molar-refractivity contribution in [2.75, 3.05) is 27.4 Å². The molecule has 24 heteroatoms. The Morgan fingerprint density at radius 2 is 0.944 bits per heavy atom. The van der Waals surface area contributed by atoms with Gasteiger partial charge < -0.3 is 67.7 Å². The normalized spacial score (nSPS) is 13.2. The molecule has 5 aromatic rings. The molecule has 5 N–H and O–H groups in total. The first-order chi connectivity index (χ1) is 33.4. The van der Waals surface area contributed by atoms with Crippen molar-refractivity contribution in [3.63, 3.8) is 0 Å². The largest absolute Gasteiger partial charge is 0.464 e. The number of hydrogen-bond acceptors (Lipinski definition) is 20. The first-order valence-electron chi connectivity index (χ1n) is 22.2. The molecule has 0 saturated carbocycles. The van der Waals surface area contributed by atoms with Gasteiger partial charge in [-0.1, -0.05) is 58.0 Å². The summed E-state index contributed by atoms with van der Waals surface area (Å²) in [5.41, 5.74) is -0.704. The van der Waals surface area contributed by atoms with Crippen molar-refractivity contribution in [1.82, 2.24) is 41.2 Å². The number of nitrogens with zero attached hydrogens (tertiary/aromatic N) is 4. The summed E-state index contributed by atoms with van der Waals surface area (Å²) in [6.07, 6.45) is 3.23. The first-order valence-corrected chi connectivity index (χ1v) is 22.2. The molecule has 0 saturated heterocycles. The molecule has 1 aromatic carbocycles. The Morgan fingerprint density at radius 1 is 0.563 bits per heavy atom. The van der Waals surface area contributed by atoms with E-state index < -0.39 is 77.9 Å². The van der Waals surface area contributed by atoms with Crippen molar-refractivity contribution in [3.8, 4) is 0 Å². The monoisotopic (exact) mass is 994 g/mol. The molecule has 4 amide bonds. The lowest BCUT2D eigenvalue weighted by Gasteiger charge is -2.24. The second-order valence-electron chi connectivity index (χ2n) is 18.2. The van der Waals surface area contributed by atoms with E-state index in [1.807, 2.05) is 58.0 Å². The van der Waals surface area contributed by atoms with E-state index in [1.54, 1.807) is 41.5 Å². The van der Waals surface area contributed by atoms with Gasteiger partial charge in [0.25, 0.3) is 11.8 Å². The smallest absolute Gasteiger partial charge is 0.408 e. The molecule has 71 heavy (non-hydrogen) atoms. The molecule has 0 aliphatic carbocycles. The predicted molar refractivity (Wildman–Crippen MR) is 246 cm³/mol. The van der Waals surface area contributed by atoms with Crippen LogP contribution in [-0.2, 0) is 30.3 Å². The van der Waals surface area contributed by atoms with Gasteiger partial charge in [0.15, 0.2) is 22.8 Å². The van der Waals surface area contributed by atoms with Gasteiger partial charge in [-0.2, -0.15) is 0 Å². The number of aliphatic hydroxyl groups is 1. The second kappa shape index (κ2) is 25.3. The third-order valence-corrected chi connectivity index (χ3v) is 9.34. The van der Waals surface area contributed by atoms with Gasteiger partial charge in [0.2, 0.25) is 23.6 Å². The van der Waals surface area contributed by atoms with Crippen LogP contribution in [0.1, 0.15) is 164 Å². The van der Waals surface area contributed by atoms with Crippen LogP contribution in [0.15, 0.2) is 73.1 Å². The predicted octanol–water partition coefficient (Wildman–Crippen LogP) is 6.49. The summed E-state index contributed by atoms with van der Waals surface area (Å²) in [5, 5.41) is 20.3. The van der Waals surface area contributed by atoms with Crippen LogP contribution < -0.4 is 21.3 Å². The van der Waals surface area contributed by atoms with Crippen LogP contribution in [-0.4, -0.2) is 99.6 Å². The zero-order chi connectivity index (χ0) is 52.6. The topological polar surface area (TPSA) is 321 Å². The van der Waals surface area contributed by atoms with Gasteiger partial charge >= 0.3 is 24.1 Å². The van der Waals surface area contributed by atoms with Crippen molar-refractivity contribution in [2.24, 2.45) is 11.8 Å². The van der Waals surface area contributed by atoms with E-state index in [0.717, 1.165) is 24.4 Å². The summed E-state index contributed by atoms with van der Waals surface area (Å²) in [6, 6.07) is 6.30. The van der Waals surface area contributed by atoms with Crippen LogP contribution in [0.5, 0.6) is 0 Å². The maximum Gasteiger partial charge on any atom is 0.408 e. The van der Waals surface area contributed by atoms with Crippen molar-refractivity contribution in [1.29, 1.82) is 0 Å². The average Bonchev–Trinajstić information content (AvgIpc) is 4.16. The number of carbonyl (C=O) groups is 6. The van der Waals surface area contributed by atoms with Crippen LogP contribution in [0.25, 0.3) is 0 Å². The number of methoxy groups -OCH3 is 2. The quantitative estimate of drug-likeness (QED) is 0.0436. The van der Waals surface area contributed by atoms with Crippen molar-refractivity contribution >= 4 is 35.9 Å². The van der Waals surface area contributed by atoms with E-state index in [1.165, 1.54) is 20.5 Å². The van der Waals surface area contributed by atoms with Crippen LogP contribution in [0, 0.1) is 11.8 Å². The standard InChI is InChI=1S/C27H34N4O8.C20H28N4O8/c1-16(2)21(31-26(34)39-27(3,4)5)24-29-18(14-38-24)22(32)28-19(13-36-12-17-10-8-7-9-11-17)23-30-20(15-37-23)25(33)35-6;1-10(2)14(24-19(28)32-20(3,4)5)17-22-12(8-31-17)15(26)21-11(7-25)16-23-13(9-30-16)18(27)29-6/h7-11,14-16,19,21H,12-13H2,1-6H3,(H,28,32)(H,31,34);8-11,14,25H,7H2,1-6H3,(H,21,26)(H,24,28). The van der Waals surface area contributed by atoms with Crippen molar-refractivity contribution in [3.05, 3.63) is 107 Å². The number of ether oxygens (including phenoxy) is 5. The summed E-state index contributed by atoms with van der Waals surface area (Å²) in [7, 11) is 2.41. The molecule has 0 aliphatic rings. The highest BCUT2D eigenvalue weighted by atomic mass is 16.6. The summed E-state index contributed by atoms with van der Waals surface area (Å²) < 4.78 is 47.1. The summed E-state index contributed by atoms with van der Waals surface area (Å²) in [5.74, 6) is -2.71. The van der Waals surface area contributed by atoms with Gasteiger partial charge in [0.1, 0.15) is 60.4 Å². The van der Waals surface area contributed by atoms with Gasteiger partial charge in [-0.3, -0.25) is 9.59 Å². The van der Waals surface area contributed by atoms with Gasteiger partial charge in [0, 0.05) is 0 Å². The van der Waals surface area contributed by atoms with Crippen molar-refractivity contribution < 1.29 is 75.2 Å². The van der Waals surface area contributed by atoms with Crippen molar-refractivity contribution in [2.45, 2.75) is 111 Å². The fourth-order valence-corrected chi connectivity index (χ4v) is 5.95. The van der Waals surface area contributed by atoms with E-state index in [4.69, 9.17) is 31.9 Å². The number of hydrogen-bond donors (Lipinski definition) is 5. The molecule has 0 aliphatic heterocycles. The number of esters is 2. The molecule has 4 heterocycles. The average molecular weight is 995 g/mol. The number of amides is 4. The lowest BCUT2D eigenvalue weighted by atomic mass is 10.0. The number of alkyl carbamates (subject to hydrolysis) is 2. The fourth-order valence-electron chi connectivity index (χ4n) is 5.95.